The first-order chi connectivity index (χ1) is 5.17. The fourth-order valence-corrected chi connectivity index (χ4v) is 1.30. The van der Waals surface area contributed by atoms with Crippen molar-refractivity contribution < 1.29 is 0 Å². The van der Waals surface area contributed by atoms with Crippen molar-refractivity contribution in [3.05, 3.63) is 23.8 Å². The Morgan fingerprint density at radius 3 is 2.00 bits per heavy atom. The van der Waals surface area contributed by atoms with Crippen molar-refractivity contribution in [2.45, 2.75) is 41.0 Å². The van der Waals surface area contributed by atoms with Gasteiger partial charge in [-0.2, -0.15) is 0 Å². The number of rotatable bonds is 1. The van der Waals surface area contributed by atoms with Gasteiger partial charge in [-0.25, -0.2) is 0 Å². The molecule has 0 aliphatic heterocycles. The predicted molar refractivity (Wildman–Crippen MR) is 52.6 cm³/mol. The van der Waals surface area contributed by atoms with Crippen molar-refractivity contribution >= 4 is 0 Å². The van der Waals surface area contributed by atoms with Crippen molar-refractivity contribution in [1.82, 2.24) is 0 Å². The lowest BCUT2D eigenvalue weighted by Gasteiger charge is -2.18. The summed E-state index contributed by atoms with van der Waals surface area (Å²) in [6.07, 6.45) is 7.81. The molecule has 0 aromatic rings. The lowest BCUT2D eigenvalue weighted by atomic mass is 9.86. The van der Waals surface area contributed by atoms with Crippen LogP contribution in [0.3, 0.4) is 0 Å². The summed E-state index contributed by atoms with van der Waals surface area (Å²) in [5.41, 5.74) is 1.89. The van der Waals surface area contributed by atoms with Gasteiger partial charge in [0.15, 0.2) is 0 Å². The molecule has 1 aliphatic carbocycles. The monoisotopic (exact) mass is 152 g/mol. The highest BCUT2D eigenvalue weighted by Crippen LogP contribution is 2.33. The second kappa shape index (κ2) is 4.38. The normalized spacial score (nSPS) is 18.8. The molecule has 1 rings (SSSR count). The molecule has 0 fully saturated rings. The largest absolute Gasteiger partial charge is 0.0748 e. The minimum atomic E-state index is 0.342. The minimum absolute atomic E-state index is 0.342. The summed E-state index contributed by atoms with van der Waals surface area (Å²) in [7, 11) is 0. The van der Waals surface area contributed by atoms with Gasteiger partial charge < -0.3 is 0 Å². The molecule has 0 heteroatoms. The third-order valence-corrected chi connectivity index (χ3v) is 2.02. The first-order valence-electron chi connectivity index (χ1n) is 4.55. The van der Waals surface area contributed by atoms with E-state index in [4.69, 9.17) is 0 Å². The molecule has 0 saturated carbocycles. The van der Waals surface area contributed by atoms with Crippen molar-refractivity contribution in [3.63, 3.8) is 0 Å². The highest BCUT2D eigenvalue weighted by molar-refractivity contribution is 5.31. The molecule has 0 aromatic carbocycles. The van der Waals surface area contributed by atoms with Crippen LogP contribution in [0, 0.1) is 5.41 Å². The highest BCUT2D eigenvalue weighted by atomic mass is 14.2. The van der Waals surface area contributed by atoms with E-state index in [9.17, 15) is 0 Å². The van der Waals surface area contributed by atoms with Crippen LogP contribution in [0.1, 0.15) is 41.0 Å². The van der Waals surface area contributed by atoms with Crippen LogP contribution < -0.4 is 0 Å². The Labute approximate surface area is 71.0 Å². The van der Waals surface area contributed by atoms with E-state index < -0.39 is 0 Å². The summed E-state index contributed by atoms with van der Waals surface area (Å²) >= 11 is 0. The Balaban J connectivity index is 0.000000461. The molecule has 0 unspecified atom stereocenters. The molecule has 0 atom stereocenters. The summed E-state index contributed by atoms with van der Waals surface area (Å²) in [5.74, 6) is 0. The average molecular weight is 152 g/mol. The number of allylic oxidation sites excluding steroid dienone is 4. The van der Waals surface area contributed by atoms with Crippen LogP contribution in [-0.2, 0) is 0 Å². The van der Waals surface area contributed by atoms with Gasteiger partial charge in [0.05, 0.1) is 0 Å². The fraction of sp³-hybridized carbons (Fsp3) is 0.636. The molecule has 64 valence electrons. The van der Waals surface area contributed by atoms with Gasteiger partial charge in [-0.3, -0.25) is 0 Å². The van der Waals surface area contributed by atoms with Crippen LogP contribution in [0.5, 0.6) is 0 Å². The maximum absolute atomic E-state index is 2.26. The van der Waals surface area contributed by atoms with E-state index in [1.54, 1.807) is 5.57 Å². The molecule has 0 bridgehead atoms. The summed E-state index contributed by atoms with van der Waals surface area (Å²) in [6.45, 7) is 10.7. The number of hydrogen-bond acceptors (Lipinski definition) is 0. The molecular weight excluding hydrogens is 132 g/mol. The average Bonchev–Trinajstić information content (AvgIpc) is 2.33. The lowest BCUT2D eigenvalue weighted by molar-refractivity contribution is 0.570. The Bertz CT molecular complexity index is 159. The second-order valence-electron chi connectivity index (χ2n) is 3.13. The Morgan fingerprint density at radius 1 is 1.27 bits per heavy atom. The summed E-state index contributed by atoms with van der Waals surface area (Å²) in [4.78, 5) is 0. The molecule has 11 heavy (non-hydrogen) atoms. The maximum Gasteiger partial charge on any atom is 0.00403 e. The van der Waals surface area contributed by atoms with Gasteiger partial charge in [0.2, 0.25) is 0 Å². The smallest absolute Gasteiger partial charge is 0.00403 e. The zero-order valence-corrected chi connectivity index (χ0v) is 8.44. The summed E-state index contributed by atoms with van der Waals surface area (Å²) < 4.78 is 0. The van der Waals surface area contributed by atoms with E-state index in [-0.39, 0.29) is 0 Å². The van der Waals surface area contributed by atoms with E-state index in [1.807, 2.05) is 13.8 Å². The number of hydrogen-bond donors (Lipinski definition) is 0. The van der Waals surface area contributed by atoms with Crippen molar-refractivity contribution in [2.75, 3.05) is 0 Å². The molecular formula is C11H20. The third kappa shape index (κ3) is 2.53. The van der Waals surface area contributed by atoms with Crippen LogP contribution in [-0.4, -0.2) is 0 Å². The first-order valence-corrected chi connectivity index (χ1v) is 4.55. The van der Waals surface area contributed by atoms with Crippen LogP contribution in [0.4, 0.5) is 0 Å². The Morgan fingerprint density at radius 2 is 1.82 bits per heavy atom. The molecule has 0 saturated heterocycles. The van der Waals surface area contributed by atoms with E-state index in [1.165, 1.54) is 6.42 Å². The summed E-state index contributed by atoms with van der Waals surface area (Å²) in [6, 6.07) is 0. The third-order valence-electron chi connectivity index (χ3n) is 2.02. The molecule has 1 aliphatic rings. The van der Waals surface area contributed by atoms with Crippen molar-refractivity contribution in [1.29, 1.82) is 0 Å². The molecule has 0 N–H and O–H groups in total. The van der Waals surface area contributed by atoms with Gasteiger partial charge in [0.25, 0.3) is 0 Å². The van der Waals surface area contributed by atoms with E-state index >= 15 is 0 Å². The van der Waals surface area contributed by atoms with Crippen LogP contribution >= 0.6 is 0 Å². The minimum Gasteiger partial charge on any atom is -0.0748 e. The van der Waals surface area contributed by atoms with Gasteiger partial charge in [0.1, 0.15) is 0 Å². The summed E-state index contributed by atoms with van der Waals surface area (Å²) in [5, 5.41) is 0. The van der Waals surface area contributed by atoms with Crippen LogP contribution in [0.2, 0.25) is 0 Å². The Hall–Kier alpha value is -0.520. The van der Waals surface area contributed by atoms with Gasteiger partial charge in [-0.1, -0.05) is 58.4 Å². The van der Waals surface area contributed by atoms with Crippen molar-refractivity contribution in [3.8, 4) is 0 Å². The molecule has 0 heterocycles. The first kappa shape index (κ1) is 10.5. The molecule has 0 aromatic heterocycles. The molecule has 0 spiro atoms. The zero-order chi connectivity index (χ0) is 8.91. The van der Waals surface area contributed by atoms with Crippen LogP contribution in [0.15, 0.2) is 23.8 Å². The SMILES string of the molecule is CC.CCC1=CC=CC1(C)C. The van der Waals surface area contributed by atoms with Gasteiger partial charge in [-0.15, -0.1) is 0 Å². The van der Waals surface area contributed by atoms with E-state index in [0.717, 1.165) is 0 Å². The van der Waals surface area contributed by atoms with Crippen molar-refractivity contribution in [2.24, 2.45) is 5.41 Å². The highest BCUT2D eigenvalue weighted by Gasteiger charge is 2.20. The standard InChI is InChI=1S/C9H14.C2H6/c1-4-8-6-5-7-9(8,2)3;1-2/h5-7H,4H2,1-3H3;1-2H3. The molecule has 0 nitrogen and oxygen atoms in total. The fourth-order valence-electron chi connectivity index (χ4n) is 1.30. The lowest BCUT2D eigenvalue weighted by Crippen LogP contribution is -2.06. The van der Waals surface area contributed by atoms with E-state index in [2.05, 4.69) is 39.0 Å². The zero-order valence-electron chi connectivity index (χ0n) is 8.44. The van der Waals surface area contributed by atoms with Gasteiger partial charge >= 0.3 is 0 Å². The molecule has 0 radical (unpaired) electrons. The second-order valence-corrected chi connectivity index (χ2v) is 3.13. The van der Waals surface area contributed by atoms with E-state index in [0.29, 0.717) is 5.41 Å². The Kier molecular flexibility index (Phi) is 4.17. The predicted octanol–water partition coefficient (Wildman–Crippen LogP) is 3.95. The quantitative estimate of drug-likeness (QED) is 0.534. The molecule has 0 amide bonds. The van der Waals surface area contributed by atoms with Gasteiger partial charge in [-0.05, 0) is 6.42 Å². The van der Waals surface area contributed by atoms with Gasteiger partial charge in [0, 0.05) is 5.41 Å². The van der Waals surface area contributed by atoms with Crippen LogP contribution in [0.25, 0.3) is 0 Å². The maximum atomic E-state index is 2.26. The topological polar surface area (TPSA) is 0 Å².